The summed E-state index contributed by atoms with van der Waals surface area (Å²) < 4.78 is 0. The third-order valence-electron chi connectivity index (χ3n) is 5.48. The van der Waals surface area contributed by atoms with Crippen molar-refractivity contribution in [2.24, 2.45) is 5.92 Å². The fourth-order valence-corrected chi connectivity index (χ4v) is 3.76. The van der Waals surface area contributed by atoms with Gasteiger partial charge in [-0.1, -0.05) is 17.7 Å². The smallest absolute Gasteiger partial charge is 0.253 e. The second kappa shape index (κ2) is 8.88. The monoisotopic (exact) mass is 425 g/mol. The van der Waals surface area contributed by atoms with Gasteiger partial charge in [-0.25, -0.2) is 0 Å². The van der Waals surface area contributed by atoms with Gasteiger partial charge in [-0.05, 0) is 68.1 Å². The summed E-state index contributed by atoms with van der Waals surface area (Å²) in [6, 6.07) is 14.0. The van der Waals surface area contributed by atoms with Gasteiger partial charge in [0.1, 0.15) is 0 Å². The number of rotatable bonds is 5. The minimum atomic E-state index is -0.293. The van der Waals surface area contributed by atoms with Crippen molar-refractivity contribution >= 4 is 35.0 Å². The number of hydrogen-bond donors (Lipinski definition) is 2. The minimum absolute atomic E-state index is 0.0945. The van der Waals surface area contributed by atoms with Gasteiger partial charge >= 0.3 is 0 Å². The number of halogens is 1. The van der Waals surface area contributed by atoms with Crippen LogP contribution in [0.5, 0.6) is 0 Å². The molecule has 3 amide bonds. The number of benzene rings is 2. The number of nitrogens with one attached hydrogen (secondary N) is 2. The van der Waals surface area contributed by atoms with E-state index in [0.29, 0.717) is 34.9 Å². The highest BCUT2D eigenvalue weighted by Gasteiger charge is 2.29. The largest absolute Gasteiger partial charge is 0.349 e. The second-order valence-corrected chi connectivity index (χ2v) is 8.35. The molecular weight excluding hydrogens is 402 g/mol. The summed E-state index contributed by atoms with van der Waals surface area (Å²) in [5, 5.41) is 6.43. The van der Waals surface area contributed by atoms with E-state index in [1.54, 1.807) is 53.4 Å². The molecule has 2 aromatic rings. The molecule has 1 heterocycles. The van der Waals surface area contributed by atoms with Gasteiger partial charge in [0.05, 0.1) is 5.92 Å². The van der Waals surface area contributed by atoms with Crippen LogP contribution in [0.3, 0.4) is 0 Å². The number of likely N-dealkylation sites (tertiary alicyclic amines) is 1. The molecule has 156 valence electrons. The van der Waals surface area contributed by atoms with Crippen molar-refractivity contribution in [2.75, 3.05) is 18.4 Å². The van der Waals surface area contributed by atoms with Crippen molar-refractivity contribution in [1.82, 2.24) is 10.2 Å². The van der Waals surface area contributed by atoms with E-state index < -0.39 is 0 Å². The lowest BCUT2D eigenvalue weighted by Gasteiger charge is -2.32. The van der Waals surface area contributed by atoms with Gasteiger partial charge in [-0.3, -0.25) is 14.4 Å². The molecule has 2 N–H and O–H groups in total. The van der Waals surface area contributed by atoms with E-state index in [9.17, 15) is 14.4 Å². The first-order valence-electron chi connectivity index (χ1n) is 10.3. The number of nitrogens with zero attached hydrogens (tertiary/aromatic N) is 1. The van der Waals surface area contributed by atoms with E-state index in [1.165, 1.54) is 0 Å². The molecule has 1 saturated heterocycles. The Balaban J connectivity index is 1.38. The summed E-state index contributed by atoms with van der Waals surface area (Å²) in [5.74, 6) is -0.642. The van der Waals surface area contributed by atoms with Gasteiger partial charge in [-0.15, -0.1) is 0 Å². The molecular formula is C23H24ClN3O3. The third kappa shape index (κ3) is 5.00. The van der Waals surface area contributed by atoms with Crippen molar-refractivity contribution in [2.45, 2.75) is 31.7 Å². The van der Waals surface area contributed by atoms with Crippen molar-refractivity contribution < 1.29 is 14.4 Å². The molecule has 7 heteroatoms. The van der Waals surface area contributed by atoms with Gasteiger partial charge in [0.15, 0.2) is 0 Å². The molecule has 2 aromatic carbocycles. The number of anilines is 1. The van der Waals surface area contributed by atoms with Crippen LogP contribution in [0.2, 0.25) is 5.02 Å². The Kier molecular flexibility index (Phi) is 6.04. The van der Waals surface area contributed by atoms with Gasteiger partial charge in [-0.2, -0.15) is 0 Å². The SMILES string of the molecule is O=C(NC1CC1)c1cccc(NC(=O)C2CCCN(C(=O)c3ccc(Cl)cc3)C2)c1. The first-order chi connectivity index (χ1) is 14.5. The van der Waals surface area contributed by atoms with Gasteiger partial charge in [0, 0.05) is 41.0 Å². The topological polar surface area (TPSA) is 78.5 Å². The van der Waals surface area contributed by atoms with Crippen LogP contribution in [-0.2, 0) is 4.79 Å². The average Bonchev–Trinajstić information content (AvgIpc) is 3.58. The fraction of sp³-hybridized carbons (Fsp3) is 0.348. The normalized spacial score (nSPS) is 18.6. The molecule has 2 aliphatic rings. The molecule has 6 nitrogen and oxygen atoms in total. The van der Waals surface area contributed by atoms with E-state index in [0.717, 1.165) is 25.7 Å². The maximum absolute atomic E-state index is 12.8. The summed E-state index contributed by atoms with van der Waals surface area (Å²) in [6.07, 6.45) is 3.53. The number of amides is 3. The highest BCUT2D eigenvalue weighted by molar-refractivity contribution is 6.30. The van der Waals surface area contributed by atoms with E-state index in [1.807, 2.05) is 0 Å². The molecule has 1 atom stereocenters. The standard InChI is InChI=1S/C23H24ClN3O3/c24-18-8-6-15(7-9-18)23(30)27-12-2-4-17(14-27)22(29)26-20-5-1-3-16(13-20)21(28)25-19-10-11-19/h1,3,5-9,13,17,19H,2,4,10-12,14H2,(H,25,28)(H,26,29). The Morgan fingerprint density at radius 3 is 2.47 bits per heavy atom. The molecule has 0 aromatic heterocycles. The Labute approximate surface area is 180 Å². The quantitative estimate of drug-likeness (QED) is 0.766. The lowest BCUT2D eigenvalue weighted by molar-refractivity contribution is -0.121. The predicted molar refractivity (Wildman–Crippen MR) is 116 cm³/mol. The van der Waals surface area contributed by atoms with Crippen LogP contribution in [0.15, 0.2) is 48.5 Å². The summed E-state index contributed by atoms with van der Waals surface area (Å²) in [4.78, 5) is 39.5. The molecule has 2 fully saturated rings. The molecule has 1 aliphatic carbocycles. The van der Waals surface area contributed by atoms with Crippen molar-refractivity contribution in [3.8, 4) is 0 Å². The van der Waals surface area contributed by atoms with Crippen LogP contribution >= 0.6 is 11.6 Å². The van der Waals surface area contributed by atoms with Crippen LogP contribution in [0.4, 0.5) is 5.69 Å². The number of hydrogen-bond acceptors (Lipinski definition) is 3. The Morgan fingerprint density at radius 2 is 1.73 bits per heavy atom. The Bertz CT molecular complexity index is 956. The van der Waals surface area contributed by atoms with E-state index in [-0.39, 0.29) is 29.7 Å². The maximum Gasteiger partial charge on any atom is 0.253 e. The zero-order valence-corrected chi connectivity index (χ0v) is 17.3. The van der Waals surface area contributed by atoms with Crippen LogP contribution in [0, 0.1) is 5.92 Å². The van der Waals surface area contributed by atoms with E-state index in [4.69, 9.17) is 11.6 Å². The zero-order chi connectivity index (χ0) is 21.1. The van der Waals surface area contributed by atoms with Crippen LogP contribution < -0.4 is 10.6 Å². The molecule has 30 heavy (non-hydrogen) atoms. The van der Waals surface area contributed by atoms with E-state index >= 15 is 0 Å². The van der Waals surface area contributed by atoms with Crippen LogP contribution in [0.25, 0.3) is 0 Å². The maximum atomic E-state index is 12.8. The number of carbonyl (C=O) groups is 3. The lowest BCUT2D eigenvalue weighted by Crippen LogP contribution is -2.43. The highest BCUT2D eigenvalue weighted by atomic mass is 35.5. The first-order valence-corrected chi connectivity index (χ1v) is 10.6. The summed E-state index contributed by atoms with van der Waals surface area (Å²) in [5.41, 5.74) is 1.68. The molecule has 1 aliphatic heterocycles. The van der Waals surface area contributed by atoms with Gasteiger partial charge < -0.3 is 15.5 Å². The number of carbonyl (C=O) groups excluding carboxylic acids is 3. The van der Waals surface area contributed by atoms with Crippen LogP contribution in [0.1, 0.15) is 46.4 Å². The van der Waals surface area contributed by atoms with Crippen molar-refractivity contribution in [3.63, 3.8) is 0 Å². The summed E-state index contributed by atoms with van der Waals surface area (Å²) >= 11 is 5.90. The van der Waals surface area contributed by atoms with Gasteiger partial charge in [0.2, 0.25) is 5.91 Å². The molecule has 0 radical (unpaired) electrons. The third-order valence-corrected chi connectivity index (χ3v) is 5.73. The Hall–Kier alpha value is -2.86. The molecule has 4 rings (SSSR count). The molecule has 0 spiro atoms. The summed E-state index contributed by atoms with van der Waals surface area (Å²) in [6.45, 7) is 0.997. The van der Waals surface area contributed by atoms with Gasteiger partial charge in [0.25, 0.3) is 11.8 Å². The Morgan fingerprint density at radius 1 is 0.967 bits per heavy atom. The average molecular weight is 426 g/mol. The minimum Gasteiger partial charge on any atom is -0.349 e. The molecule has 0 bridgehead atoms. The molecule has 1 saturated carbocycles. The number of piperidine rings is 1. The first kappa shape index (κ1) is 20.4. The van der Waals surface area contributed by atoms with E-state index in [2.05, 4.69) is 10.6 Å². The summed E-state index contributed by atoms with van der Waals surface area (Å²) in [7, 11) is 0. The zero-order valence-electron chi connectivity index (χ0n) is 16.6. The second-order valence-electron chi connectivity index (χ2n) is 7.92. The van der Waals surface area contributed by atoms with Crippen molar-refractivity contribution in [3.05, 3.63) is 64.7 Å². The lowest BCUT2D eigenvalue weighted by atomic mass is 9.96. The molecule has 1 unspecified atom stereocenters. The van der Waals surface area contributed by atoms with Crippen molar-refractivity contribution in [1.29, 1.82) is 0 Å². The predicted octanol–water partition coefficient (Wildman–Crippen LogP) is 3.72. The highest BCUT2D eigenvalue weighted by Crippen LogP contribution is 2.23. The fourth-order valence-electron chi connectivity index (χ4n) is 3.63. The van der Waals surface area contributed by atoms with Crippen LogP contribution in [-0.4, -0.2) is 41.8 Å².